The number of benzene rings is 1. The SMILES string of the molecule is C[N+]1(Cc2ccccc2)CCC1=C=[N-]. The summed E-state index contributed by atoms with van der Waals surface area (Å²) in [4.78, 5) is 0. The van der Waals surface area contributed by atoms with Gasteiger partial charge in [0, 0.05) is 5.56 Å². The number of nitrogens with zero attached hydrogens (tertiary/aromatic N) is 2. The molecule has 0 spiro atoms. The Morgan fingerprint density at radius 2 is 2.07 bits per heavy atom. The smallest absolute Gasteiger partial charge is 0.134 e. The van der Waals surface area contributed by atoms with Crippen molar-refractivity contribution < 1.29 is 4.48 Å². The van der Waals surface area contributed by atoms with Crippen molar-refractivity contribution in [2.24, 2.45) is 0 Å². The van der Waals surface area contributed by atoms with E-state index in [4.69, 9.17) is 5.41 Å². The molecular formula is C12H14N2. The maximum Gasteiger partial charge on any atom is 0.134 e. The largest absolute Gasteiger partial charge is 0.759 e. The summed E-state index contributed by atoms with van der Waals surface area (Å²) in [5.74, 6) is 2.30. The lowest BCUT2D eigenvalue weighted by molar-refractivity contribution is -0.917. The molecular weight excluding hydrogens is 172 g/mol. The maximum absolute atomic E-state index is 8.90. The molecule has 0 aromatic heterocycles. The third kappa shape index (κ3) is 1.50. The summed E-state index contributed by atoms with van der Waals surface area (Å²) in [6.07, 6.45) is 0.972. The molecule has 1 aliphatic heterocycles. The van der Waals surface area contributed by atoms with E-state index in [9.17, 15) is 0 Å². The molecule has 0 bridgehead atoms. The van der Waals surface area contributed by atoms with Crippen LogP contribution in [0.5, 0.6) is 0 Å². The minimum absolute atomic E-state index is 0.806. The molecule has 0 N–H and O–H groups in total. The Kier molecular flexibility index (Phi) is 2.24. The molecule has 0 aliphatic carbocycles. The predicted octanol–water partition coefficient (Wildman–Crippen LogP) is 2.16. The molecule has 2 rings (SSSR count). The van der Waals surface area contributed by atoms with Crippen LogP contribution in [0.3, 0.4) is 0 Å². The van der Waals surface area contributed by atoms with Crippen LogP contribution in [0.25, 0.3) is 5.41 Å². The van der Waals surface area contributed by atoms with Crippen molar-refractivity contribution >= 4 is 5.87 Å². The van der Waals surface area contributed by atoms with Gasteiger partial charge in [-0.3, -0.25) is 4.48 Å². The second-order valence-electron chi connectivity index (χ2n) is 4.07. The predicted molar refractivity (Wildman–Crippen MR) is 57.7 cm³/mol. The molecule has 14 heavy (non-hydrogen) atoms. The molecule has 1 atom stereocenters. The molecule has 1 unspecified atom stereocenters. The summed E-state index contributed by atoms with van der Waals surface area (Å²) in [6.45, 7) is 2.04. The molecule has 1 saturated heterocycles. The third-order valence-corrected chi connectivity index (χ3v) is 3.00. The first kappa shape index (κ1) is 9.20. The summed E-state index contributed by atoms with van der Waals surface area (Å²) in [7, 11) is 2.13. The Balaban J connectivity index is 2.16. The molecule has 2 heteroatoms. The highest BCUT2D eigenvalue weighted by Gasteiger charge is 2.36. The second kappa shape index (κ2) is 3.41. The Morgan fingerprint density at radius 3 is 2.57 bits per heavy atom. The van der Waals surface area contributed by atoms with Gasteiger partial charge < -0.3 is 5.41 Å². The van der Waals surface area contributed by atoms with Crippen molar-refractivity contribution in [1.29, 1.82) is 0 Å². The second-order valence-corrected chi connectivity index (χ2v) is 4.07. The van der Waals surface area contributed by atoms with E-state index in [1.54, 1.807) is 0 Å². The van der Waals surface area contributed by atoms with Crippen molar-refractivity contribution in [3.05, 3.63) is 47.0 Å². The van der Waals surface area contributed by atoms with Gasteiger partial charge in [-0.1, -0.05) is 30.3 Å². The van der Waals surface area contributed by atoms with Crippen LogP contribution < -0.4 is 0 Å². The fourth-order valence-corrected chi connectivity index (χ4v) is 1.94. The Labute approximate surface area is 84.6 Å². The van der Waals surface area contributed by atoms with Crippen LogP contribution in [0, 0.1) is 0 Å². The average molecular weight is 186 g/mol. The van der Waals surface area contributed by atoms with Gasteiger partial charge in [-0.05, 0) is 0 Å². The number of hydrogen-bond acceptors (Lipinski definition) is 0. The first-order chi connectivity index (χ1) is 6.74. The van der Waals surface area contributed by atoms with Gasteiger partial charge in [0.15, 0.2) is 0 Å². The van der Waals surface area contributed by atoms with Gasteiger partial charge >= 0.3 is 0 Å². The van der Waals surface area contributed by atoms with Crippen molar-refractivity contribution in [2.75, 3.05) is 13.6 Å². The van der Waals surface area contributed by atoms with Crippen LogP contribution in [0.2, 0.25) is 0 Å². The van der Waals surface area contributed by atoms with E-state index in [2.05, 4.69) is 25.1 Å². The van der Waals surface area contributed by atoms with E-state index in [1.807, 2.05) is 18.2 Å². The Morgan fingerprint density at radius 1 is 1.36 bits per heavy atom. The lowest BCUT2D eigenvalue weighted by Crippen LogP contribution is -2.51. The van der Waals surface area contributed by atoms with Crippen molar-refractivity contribution in [2.45, 2.75) is 13.0 Å². The summed E-state index contributed by atoms with van der Waals surface area (Å²) >= 11 is 0. The van der Waals surface area contributed by atoms with E-state index in [0.717, 1.165) is 29.7 Å². The third-order valence-electron chi connectivity index (χ3n) is 3.00. The average Bonchev–Trinajstić information content (AvgIpc) is 2.18. The molecule has 0 amide bonds. The zero-order valence-corrected chi connectivity index (χ0v) is 8.40. The summed E-state index contributed by atoms with van der Waals surface area (Å²) in [5, 5.41) is 8.90. The Hall–Kier alpha value is -1.37. The number of rotatable bonds is 2. The number of hydrogen-bond donors (Lipinski definition) is 0. The van der Waals surface area contributed by atoms with Crippen LogP contribution in [-0.4, -0.2) is 23.9 Å². The number of quaternary nitrogens is 1. The molecule has 1 aromatic rings. The summed E-state index contributed by atoms with van der Waals surface area (Å²) in [5.41, 5.74) is 2.32. The van der Waals surface area contributed by atoms with Crippen LogP contribution in [0.1, 0.15) is 12.0 Å². The molecule has 1 heterocycles. The zero-order valence-electron chi connectivity index (χ0n) is 8.40. The maximum atomic E-state index is 8.90. The molecule has 0 radical (unpaired) electrons. The number of likely N-dealkylation sites (tertiary alicyclic amines) is 1. The highest BCUT2D eigenvalue weighted by molar-refractivity contribution is 5.59. The quantitative estimate of drug-likeness (QED) is 0.499. The standard InChI is InChI=1S/C12H14N2/c1-14(8-7-12(14)9-13)10-11-5-3-2-4-6-11/h2-6H,7-8,10H2,1H3. The summed E-state index contributed by atoms with van der Waals surface area (Å²) < 4.78 is 0.806. The van der Waals surface area contributed by atoms with E-state index < -0.39 is 0 Å². The van der Waals surface area contributed by atoms with Gasteiger partial charge in [0.25, 0.3) is 0 Å². The Bertz CT molecular complexity index is 377. The molecule has 72 valence electrons. The molecule has 1 fully saturated rings. The first-order valence-electron chi connectivity index (χ1n) is 4.89. The van der Waals surface area contributed by atoms with E-state index in [-0.39, 0.29) is 0 Å². The van der Waals surface area contributed by atoms with Crippen molar-refractivity contribution in [3.8, 4) is 0 Å². The molecule has 1 aliphatic rings. The van der Waals surface area contributed by atoms with Gasteiger partial charge in [0.1, 0.15) is 12.2 Å². The van der Waals surface area contributed by atoms with Crippen molar-refractivity contribution in [3.63, 3.8) is 0 Å². The lowest BCUT2D eigenvalue weighted by Gasteiger charge is -2.43. The molecule has 1 aromatic carbocycles. The molecule has 2 nitrogen and oxygen atoms in total. The fourth-order valence-electron chi connectivity index (χ4n) is 1.94. The van der Waals surface area contributed by atoms with Crippen molar-refractivity contribution in [1.82, 2.24) is 0 Å². The first-order valence-corrected chi connectivity index (χ1v) is 4.89. The monoisotopic (exact) mass is 186 g/mol. The van der Waals surface area contributed by atoms with Gasteiger partial charge in [0.05, 0.1) is 20.0 Å². The van der Waals surface area contributed by atoms with E-state index >= 15 is 0 Å². The van der Waals surface area contributed by atoms with Gasteiger partial charge in [-0.25, -0.2) is 5.87 Å². The minimum atomic E-state index is 0.806. The van der Waals surface area contributed by atoms with E-state index in [1.165, 1.54) is 5.56 Å². The zero-order chi connectivity index (χ0) is 10.0. The fraction of sp³-hybridized carbons (Fsp3) is 0.333. The highest BCUT2D eigenvalue weighted by atomic mass is 15.4. The van der Waals surface area contributed by atoms with Crippen LogP contribution in [-0.2, 0) is 6.54 Å². The minimum Gasteiger partial charge on any atom is -0.759 e. The molecule has 0 saturated carbocycles. The van der Waals surface area contributed by atoms with Crippen LogP contribution in [0.4, 0.5) is 0 Å². The van der Waals surface area contributed by atoms with Gasteiger partial charge in [-0.2, -0.15) is 0 Å². The van der Waals surface area contributed by atoms with Crippen LogP contribution in [0.15, 0.2) is 36.0 Å². The van der Waals surface area contributed by atoms with E-state index in [0.29, 0.717) is 0 Å². The van der Waals surface area contributed by atoms with Gasteiger partial charge in [-0.15, -0.1) is 0 Å². The normalized spacial score (nSPS) is 25.4. The lowest BCUT2D eigenvalue weighted by atomic mass is 10.0. The van der Waals surface area contributed by atoms with Crippen LogP contribution >= 0.6 is 0 Å². The highest BCUT2D eigenvalue weighted by Crippen LogP contribution is 2.30. The topological polar surface area (TPSA) is 22.3 Å². The summed E-state index contributed by atoms with van der Waals surface area (Å²) in [6, 6.07) is 10.4. The van der Waals surface area contributed by atoms with Gasteiger partial charge in [0.2, 0.25) is 0 Å².